The second-order valence-electron chi connectivity index (χ2n) is 9.82. The number of hydrogen-bond acceptors (Lipinski definition) is 4. The predicted octanol–water partition coefficient (Wildman–Crippen LogP) is 7.23. The largest absolute Gasteiger partial charge is 0.507 e. The Hall–Kier alpha value is -3.28. The van der Waals surface area contributed by atoms with Crippen molar-refractivity contribution < 1.29 is 19.4 Å². The molecule has 1 aliphatic heterocycles. The van der Waals surface area contributed by atoms with Crippen molar-refractivity contribution in [3.63, 3.8) is 0 Å². The zero-order chi connectivity index (χ0) is 26.4. The molecule has 0 bridgehead atoms. The number of amides is 1. The summed E-state index contributed by atoms with van der Waals surface area (Å²) in [5.41, 5.74) is 3.27. The zero-order valence-electron chi connectivity index (χ0n) is 20.7. The highest BCUT2D eigenvalue weighted by Crippen LogP contribution is 2.44. The number of carbonyl (C=O) groups excluding carboxylic acids is 2. The van der Waals surface area contributed by atoms with Crippen molar-refractivity contribution in [2.24, 2.45) is 0 Å². The van der Waals surface area contributed by atoms with E-state index in [1.807, 2.05) is 31.2 Å². The molecule has 1 N–H and O–H groups in total. The first-order valence-electron chi connectivity index (χ1n) is 11.5. The minimum absolute atomic E-state index is 0.0211. The van der Waals surface area contributed by atoms with Gasteiger partial charge in [-0.3, -0.25) is 14.5 Å². The number of halogens is 2. The van der Waals surface area contributed by atoms with E-state index in [4.69, 9.17) is 27.9 Å². The van der Waals surface area contributed by atoms with Gasteiger partial charge in [-0.05, 0) is 59.4 Å². The Balaban J connectivity index is 1.97. The van der Waals surface area contributed by atoms with Crippen molar-refractivity contribution >= 4 is 46.3 Å². The Kier molecular flexibility index (Phi) is 6.91. The lowest BCUT2D eigenvalue weighted by molar-refractivity contribution is -0.132. The molecule has 3 aromatic rings. The van der Waals surface area contributed by atoms with Crippen molar-refractivity contribution in [3.8, 4) is 5.75 Å². The number of rotatable bonds is 4. The van der Waals surface area contributed by atoms with Gasteiger partial charge in [-0.15, -0.1) is 0 Å². The fraction of sp³-hybridized carbons (Fsp3) is 0.241. The Morgan fingerprint density at radius 1 is 0.972 bits per heavy atom. The molecule has 1 atom stereocenters. The summed E-state index contributed by atoms with van der Waals surface area (Å²) in [4.78, 5) is 28.3. The lowest BCUT2D eigenvalue weighted by Gasteiger charge is -2.28. The van der Waals surface area contributed by atoms with Crippen molar-refractivity contribution in [2.75, 3.05) is 12.0 Å². The standard InChI is InChI=1S/C29H27Cl2NO4/c1-16-6-12-20(30)15-22(16)32-25(17-7-10-19(11-8-17)29(2,3)4)24(27(34)28(32)35)26(33)18-9-13-21(31)23(14-18)36-5/h6-15,25,33H,1-5H3/b26-24+. The topological polar surface area (TPSA) is 66.8 Å². The maximum atomic E-state index is 13.4. The van der Waals surface area contributed by atoms with E-state index in [1.165, 1.54) is 18.1 Å². The first-order chi connectivity index (χ1) is 16.9. The monoisotopic (exact) mass is 523 g/mol. The summed E-state index contributed by atoms with van der Waals surface area (Å²) in [5.74, 6) is -1.50. The van der Waals surface area contributed by atoms with Crippen molar-refractivity contribution in [2.45, 2.75) is 39.2 Å². The molecule has 0 aromatic heterocycles. The van der Waals surface area contributed by atoms with Crippen LogP contribution in [-0.4, -0.2) is 23.9 Å². The van der Waals surface area contributed by atoms with E-state index in [-0.39, 0.29) is 16.7 Å². The highest BCUT2D eigenvalue weighted by Gasteiger charge is 2.47. The minimum Gasteiger partial charge on any atom is -0.507 e. The molecule has 3 aromatic carbocycles. The number of carbonyl (C=O) groups is 2. The van der Waals surface area contributed by atoms with Gasteiger partial charge in [-0.1, -0.05) is 74.3 Å². The fourth-order valence-corrected chi connectivity index (χ4v) is 4.73. The van der Waals surface area contributed by atoms with E-state index < -0.39 is 17.7 Å². The van der Waals surface area contributed by atoms with Crippen LogP contribution in [0.5, 0.6) is 5.75 Å². The number of nitrogens with zero attached hydrogens (tertiary/aromatic N) is 1. The third-order valence-corrected chi connectivity index (χ3v) is 6.94. The number of Topliss-reactive ketones (excluding diaryl/α,β-unsaturated/α-hetero) is 1. The molecule has 186 valence electrons. The molecule has 7 heteroatoms. The molecule has 0 spiro atoms. The molecule has 4 rings (SSSR count). The second kappa shape index (κ2) is 9.64. The molecule has 0 radical (unpaired) electrons. The zero-order valence-corrected chi connectivity index (χ0v) is 22.2. The van der Waals surface area contributed by atoms with E-state index in [1.54, 1.807) is 30.3 Å². The first-order valence-corrected chi connectivity index (χ1v) is 12.2. The van der Waals surface area contributed by atoms with Gasteiger partial charge < -0.3 is 9.84 Å². The second-order valence-corrected chi connectivity index (χ2v) is 10.7. The van der Waals surface area contributed by atoms with Crippen molar-refractivity contribution in [1.29, 1.82) is 0 Å². The third-order valence-electron chi connectivity index (χ3n) is 6.39. The molecule has 0 saturated carbocycles. The Morgan fingerprint density at radius 2 is 1.64 bits per heavy atom. The smallest absolute Gasteiger partial charge is 0.300 e. The summed E-state index contributed by atoms with van der Waals surface area (Å²) < 4.78 is 5.28. The summed E-state index contributed by atoms with van der Waals surface area (Å²) in [6.07, 6.45) is 0. The van der Waals surface area contributed by atoms with Crippen LogP contribution < -0.4 is 9.64 Å². The predicted molar refractivity (Wildman–Crippen MR) is 144 cm³/mol. The van der Waals surface area contributed by atoms with Gasteiger partial charge in [0, 0.05) is 16.3 Å². The van der Waals surface area contributed by atoms with Gasteiger partial charge >= 0.3 is 0 Å². The van der Waals surface area contributed by atoms with Gasteiger partial charge in [0.15, 0.2) is 0 Å². The van der Waals surface area contributed by atoms with E-state index in [2.05, 4.69) is 20.8 Å². The van der Waals surface area contributed by atoms with Gasteiger partial charge in [0.2, 0.25) is 0 Å². The van der Waals surface area contributed by atoms with Crippen LogP contribution in [0, 0.1) is 6.92 Å². The molecule has 0 aliphatic carbocycles. The van der Waals surface area contributed by atoms with E-state index in [0.29, 0.717) is 32.6 Å². The molecule has 1 unspecified atom stereocenters. The van der Waals surface area contributed by atoms with Gasteiger partial charge in [0.25, 0.3) is 11.7 Å². The average molecular weight is 524 g/mol. The summed E-state index contributed by atoms with van der Waals surface area (Å²) >= 11 is 12.4. The van der Waals surface area contributed by atoms with Gasteiger partial charge in [0.1, 0.15) is 11.5 Å². The molecule has 1 fully saturated rings. The van der Waals surface area contributed by atoms with Crippen LogP contribution in [0.2, 0.25) is 10.0 Å². The Morgan fingerprint density at radius 3 is 2.25 bits per heavy atom. The molecule has 1 aliphatic rings. The number of ketones is 1. The fourth-order valence-electron chi connectivity index (χ4n) is 4.37. The Labute approximate surface area is 220 Å². The number of aliphatic hydroxyl groups is 1. The molecule has 1 saturated heterocycles. The number of ether oxygens (including phenoxy) is 1. The van der Waals surface area contributed by atoms with Gasteiger partial charge in [-0.2, -0.15) is 0 Å². The highest BCUT2D eigenvalue weighted by molar-refractivity contribution is 6.52. The molecule has 5 nitrogen and oxygen atoms in total. The van der Waals surface area contributed by atoms with Crippen LogP contribution >= 0.6 is 23.2 Å². The van der Waals surface area contributed by atoms with E-state index >= 15 is 0 Å². The Bertz CT molecular complexity index is 1390. The minimum atomic E-state index is -0.863. The summed E-state index contributed by atoms with van der Waals surface area (Å²) in [5, 5.41) is 12.2. The maximum absolute atomic E-state index is 13.4. The van der Waals surface area contributed by atoms with Crippen LogP contribution in [0.3, 0.4) is 0 Å². The average Bonchev–Trinajstić information content (AvgIpc) is 3.10. The quantitative estimate of drug-likeness (QED) is 0.222. The van der Waals surface area contributed by atoms with Crippen LogP contribution in [0.1, 0.15) is 49.1 Å². The van der Waals surface area contributed by atoms with Crippen LogP contribution in [0.25, 0.3) is 5.76 Å². The SMILES string of the molecule is COc1cc(/C(O)=C2\C(=O)C(=O)N(c3cc(Cl)ccc3C)C2c2ccc(C(C)(C)C)cc2)ccc1Cl. The summed E-state index contributed by atoms with van der Waals surface area (Å²) in [6.45, 7) is 8.17. The number of anilines is 1. The molecular weight excluding hydrogens is 497 g/mol. The van der Waals surface area contributed by atoms with E-state index in [9.17, 15) is 14.7 Å². The summed E-state index contributed by atoms with van der Waals surface area (Å²) in [6, 6.07) is 16.7. The van der Waals surface area contributed by atoms with Crippen molar-refractivity contribution in [3.05, 3.63) is 98.5 Å². The molecule has 1 amide bonds. The third kappa shape index (κ3) is 4.61. The number of hydrogen-bond donors (Lipinski definition) is 1. The normalized spacial score (nSPS) is 17.5. The summed E-state index contributed by atoms with van der Waals surface area (Å²) in [7, 11) is 1.46. The van der Waals surface area contributed by atoms with Crippen LogP contribution in [0.4, 0.5) is 5.69 Å². The maximum Gasteiger partial charge on any atom is 0.300 e. The molecule has 1 heterocycles. The lowest BCUT2D eigenvalue weighted by Crippen LogP contribution is -2.30. The van der Waals surface area contributed by atoms with Crippen LogP contribution in [0.15, 0.2) is 66.2 Å². The first kappa shape index (κ1) is 25.8. The highest BCUT2D eigenvalue weighted by atomic mass is 35.5. The van der Waals surface area contributed by atoms with Gasteiger partial charge in [-0.25, -0.2) is 0 Å². The lowest BCUT2D eigenvalue weighted by atomic mass is 9.85. The number of aryl methyl sites for hydroxylation is 1. The number of aliphatic hydroxyl groups excluding tert-OH is 1. The molecule has 36 heavy (non-hydrogen) atoms. The van der Waals surface area contributed by atoms with Gasteiger partial charge in [0.05, 0.1) is 23.7 Å². The van der Waals surface area contributed by atoms with Crippen LogP contribution in [-0.2, 0) is 15.0 Å². The molecular formula is C29H27Cl2NO4. The van der Waals surface area contributed by atoms with E-state index in [0.717, 1.165) is 11.1 Å². The number of benzene rings is 3. The number of methoxy groups -OCH3 is 1. The van der Waals surface area contributed by atoms with Crippen molar-refractivity contribution in [1.82, 2.24) is 0 Å².